The Labute approximate surface area is 157 Å². The fraction of sp³-hybridized carbons (Fsp3) is 0.111. The molecule has 1 amide bonds. The molecule has 0 radical (unpaired) electrons. The van der Waals surface area contributed by atoms with Gasteiger partial charge in [-0.25, -0.2) is 9.37 Å². The Morgan fingerprint density at radius 1 is 1.19 bits per heavy atom. The summed E-state index contributed by atoms with van der Waals surface area (Å²) in [6.45, 7) is -2.98. The van der Waals surface area contributed by atoms with Crippen LogP contribution >= 0.6 is 11.8 Å². The van der Waals surface area contributed by atoms with Gasteiger partial charge in [0.2, 0.25) is 5.91 Å². The average molecular weight is 393 g/mol. The first-order chi connectivity index (χ1) is 13.0. The lowest BCUT2D eigenvalue weighted by atomic mass is 10.2. The molecule has 2 N–H and O–H groups in total. The third kappa shape index (κ3) is 5.27. The molecule has 3 aromatic rings. The summed E-state index contributed by atoms with van der Waals surface area (Å²) in [4.78, 5) is 19.3. The van der Waals surface area contributed by atoms with Crippen molar-refractivity contribution < 1.29 is 22.7 Å². The first-order valence-corrected chi connectivity index (χ1v) is 8.77. The number of aromatic nitrogens is 2. The number of carbonyl (C=O) groups is 1. The van der Waals surface area contributed by atoms with Crippen LogP contribution in [-0.2, 0) is 4.79 Å². The molecular weight excluding hydrogens is 379 g/mol. The number of H-pyrrole nitrogens is 1. The highest BCUT2D eigenvalue weighted by Crippen LogP contribution is 2.26. The summed E-state index contributed by atoms with van der Waals surface area (Å²) in [7, 11) is 0. The van der Waals surface area contributed by atoms with E-state index in [1.807, 2.05) is 0 Å². The topological polar surface area (TPSA) is 67.0 Å². The Morgan fingerprint density at radius 3 is 2.67 bits per heavy atom. The fourth-order valence-corrected chi connectivity index (χ4v) is 2.89. The second kappa shape index (κ2) is 8.63. The Morgan fingerprint density at radius 2 is 1.93 bits per heavy atom. The van der Waals surface area contributed by atoms with Crippen LogP contribution in [0.4, 0.5) is 18.9 Å². The van der Waals surface area contributed by atoms with Gasteiger partial charge in [-0.2, -0.15) is 8.78 Å². The van der Waals surface area contributed by atoms with Crippen LogP contribution < -0.4 is 10.1 Å². The fourth-order valence-electron chi connectivity index (χ4n) is 2.24. The third-order valence-electron chi connectivity index (χ3n) is 3.42. The number of thioether (sulfide) groups is 1. The molecule has 0 spiro atoms. The van der Waals surface area contributed by atoms with Crippen molar-refractivity contribution in [3.8, 4) is 17.0 Å². The predicted octanol–water partition coefficient (Wildman–Crippen LogP) is 4.55. The van der Waals surface area contributed by atoms with Crippen molar-refractivity contribution >= 4 is 23.4 Å². The van der Waals surface area contributed by atoms with E-state index in [-0.39, 0.29) is 23.0 Å². The van der Waals surface area contributed by atoms with Gasteiger partial charge in [0.25, 0.3) is 0 Å². The van der Waals surface area contributed by atoms with Gasteiger partial charge in [-0.05, 0) is 42.0 Å². The van der Waals surface area contributed by atoms with Crippen LogP contribution in [0.2, 0.25) is 0 Å². The first-order valence-electron chi connectivity index (χ1n) is 7.78. The number of hydrogen-bond donors (Lipinski definition) is 2. The summed E-state index contributed by atoms with van der Waals surface area (Å²) in [6.07, 6.45) is 1.58. The van der Waals surface area contributed by atoms with Gasteiger partial charge in [-0.3, -0.25) is 4.79 Å². The maximum atomic E-state index is 13.0. The summed E-state index contributed by atoms with van der Waals surface area (Å²) in [5.41, 5.74) is 1.61. The van der Waals surface area contributed by atoms with Gasteiger partial charge in [-0.15, -0.1) is 0 Å². The Hall–Kier alpha value is -2.94. The lowest BCUT2D eigenvalue weighted by molar-refractivity contribution is -0.113. The number of nitrogens with one attached hydrogen (secondary N) is 2. The summed E-state index contributed by atoms with van der Waals surface area (Å²) in [5, 5.41) is 3.03. The number of para-hydroxylation sites is 2. The van der Waals surface area contributed by atoms with E-state index >= 15 is 0 Å². The van der Waals surface area contributed by atoms with Gasteiger partial charge < -0.3 is 15.0 Å². The molecule has 0 aliphatic carbocycles. The molecule has 0 aliphatic heterocycles. The first kappa shape index (κ1) is 18.8. The van der Waals surface area contributed by atoms with Gasteiger partial charge in [0, 0.05) is 0 Å². The molecule has 0 unspecified atom stereocenters. The smallest absolute Gasteiger partial charge is 0.387 e. The number of rotatable bonds is 7. The minimum Gasteiger partial charge on any atom is -0.433 e. The molecular formula is C18H14F3N3O2S. The molecule has 9 heteroatoms. The molecule has 0 fully saturated rings. The number of benzene rings is 2. The molecule has 0 atom stereocenters. The molecule has 3 rings (SSSR count). The highest BCUT2D eigenvalue weighted by Gasteiger charge is 2.12. The summed E-state index contributed by atoms with van der Waals surface area (Å²) >= 11 is 1.14. The molecule has 27 heavy (non-hydrogen) atoms. The van der Waals surface area contributed by atoms with E-state index in [1.165, 1.54) is 30.3 Å². The average Bonchev–Trinajstić information content (AvgIpc) is 3.11. The minimum absolute atomic E-state index is 0.0133. The van der Waals surface area contributed by atoms with Crippen LogP contribution in [0, 0.1) is 5.82 Å². The number of nitrogens with zero attached hydrogens (tertiary/aromatic N) is 1. The molecule has 140 valence electrons. The van der Waals surface area contributed by atoms with Crippen LogP contribution in [0.1, 0.15) is 0 Å². The Balaban J connectivity index is 1.58. The summed E-state index contributed by atoms with van der Waals surface area (Å²) in [6, 6.07) is 11.9. The SMILES string of the molecule is O=C(CSc1ncc(-c2ccc(F)cc2)[nH]1)Nc1ccccc1OC(F)F. The van der Waals surface area contributed by atoms with E-state index in [2.05, 4.69) is 20.0 Å². The zero-order valence-electron chi connectivity index (χ0n) is 13.8. The lowest BCUT2D eigenvalue weighted by Crippen LogP contribution is -2.15. The van der Waals surface area contributed by atoms with Crippen LogP contribution in [-0.4, -0.2) is 28.2 Å². The van der Waals surface area contributed by atoms with E-state index in [0.29, 0.717) is 10.9 Å². The second-order valence-electron chi connectivity index (χ2n) is 5.32. The lowest BCUT2D eigenvalue weighted by Gasteiger charge is -2.11. The zero-order valence-corrected chi connectivity index (χ0v) is 14.6. The highest BCUT2D eigenvalue weighted by atomic mass is 32.2. The largest absolute Gasteiger partial charge is 0.433 e. The standard InChI is InChI=1S/C18H14F3N3O2S/c19-12-7-5-11(6-8-12)14-9-22-18(24-14)27-10-16(25)23-13-3-1-2-4-15(13)26-17(20)21/h1-9,17H,10H2,(H,22,24)(H,23,25). The quantitative estimate of drug-likeness (QED) is 0.578. The van der Waals surface area contributed by atoms with Crippen molar-refractivity contribution in [2.45, 2.75) is 11.8 Å². The van der Waals surface area contributed by atoms with E-state index in [4.69, 9.17) is 0 Å². The predicted molar refractivity (Wildman–Crippen MR) is 96.4 cm³/mol. The monoisotopic (exact) mass is 393 g/mol. The Kier molecular flexibility index (Phi) is 6.02. The van der Waals surface area contributed by atoms with E-state index in [0.717, 1.165) is 17.3 Å². The van der Waals surface area contributed by atoms with Crippen molar-refractivity contribution in [2.75, 3.05) is 11.1 Å². The van der Waals surface area contributed by atoms with Crippen LogP contribution in [0.3, 0.4) is 0 Å². The number of alkyl halides is 2. The second-order valence-corrected chi connectivity index (χ2v) is 6.28. The summed E-state index contributed by atoms with van der Waals surface area (Å²) in [5.74, 6) is -0.826. The number of amides is 1. The number of halogens is 3. The van der Waals surface area contributed by atoms with Crippen LogP contribution in [0.25, 0.3) is 11.3 Å². The van der Waals surface area contributed by atoms with Crippen molar-refractivity contribution in [1.29, 1.82) is 0 Å². The normalized spacial score (nSPS) is 10.8. The summed E-state index contributed by atoms with van der Waals surface area (Å²) < 4.78 is 42.1. The molecule has 0 saturated carbocycles. The number of ether oxygens (including phenoxy) is 1. The number of hydrogen-bond acceptors (Lipinski definition) is 4. The van der Waals surface area contributed by atoms with Gasteiger partial charge in [0.1, 0.15) is 11.6 Å². The number of imidazole rings is 1. The number of carbonyl (C=O) groups excluding carboxylic acids is 1. The van der Waals surface area contributed by atoms with Crippen LogP contribution in [0.5, 0.6) is 5.75 Å². The zero-order chi connectivity index (χ0) is 19.2. The highest BCUT2D eigenvalue weighted by molar-refractivity contribution is 7.99. The van der Waals surface area contributed by atoms with Gasteiger partial charge in [-0.1, -0.05) is 23.9 Å². The van der Waals surface area contributed by atoms with E-state index < -0.39 is 12.5 Å². The third-order valence-corrected chi connectivity index (χ3v) is 4.31. The Bertz CT molecular complexity index is 916. The molecule has 1 heterocycles. The maximum absolute atomic E-state index is 13.0. The van der Waals surface area contributed by atoms with Gasteiger partial charge in [0.15, 0.2) is 5.16 Å². The minimum atomic E-state index is -2.98. The maximum Gasteiger partial charge on any atom is 0.387 e. The van der Waals surface area contributed by atoms with Crippen molar-refractivity contribution in [3.05, 3.63) is 60.5 Å². The molecule has 0 saturated heterocycles. The van der Waals surface area contributed by atoms with Gasteiger partial charge in [0.05, 0.1) is 23.3 Å². The van der Waals surface area contributed by atoms with Crippen molar-refractivity contribution in [2.24, 2.45) is 0 Å². The van der Waals surface area contributed by atoms with E-state index in [9.17, 15) is 18.0 Å². The van der Waals surface area contributed by atoms with E-state index in [1.54, 1.807) is 24.4 Å². The molecule has 0 bridgehead atoms. The van der Waals surface area contributed by atoms with Crippen LogP contribution in [0.15, 0.2) is 59.9 Å². The number of anilines is 1. The molecule has 1 aromatic heterocycles. The van der Waals surface area contributed by atoms with Crippen molar-refractivity contribution in [3.63, 3.8) is 0 Å². The molecule has 2 aromatic carbocycles. The van der Waals surface area contributed by atoms with Gasteiger partial charge >= 0.3 is 6.61 Å². The molecule has 0 aliphatic rings. The molecule has 5 nitrogen and oxygen atoms in total. The van der Waals surface area contributed by atoms with Crippen molar-refractivity contribution in [1.82, 2.24) is 9.97 Å². The number of aromatic amines is 1.